The Kier molecular flexibility index (Phi) is 9.75. The zero-order valence-corrected chi connectivity index (χ0v) is 17.6. The van der Waals surface area contributed by atoms with Gasteiger partial charge in [0, 0.05) is 29.5 Å². The van der Waals surface area contributed by atoms with Crippen LogP contribution in [-0.2, 0) is 14.3 Å². The molecule has 0 bridgehead atoms. The first-order valence-corrected chi connectivity index (χ1v) is 10.6. The molecule has 162 valence electrons. The number of aromatic nitrogens is 1. The number of unbranched alkanes of at least 4 members (excludes halogenated alkanes) is 3. The molecule has 4 N–H and O–H groups in total. The summed E-state index contributed by atoms with van der Waals surface area (Å²) in [5, 5.41) is 16.2. The number of nitrogens with one attached hydrogen (secondary N) is 3. The summed E-state index contributed by atoms with van der Waals surface area (Å²) in [6, 6.07) is 7.22. The number of ether oxygens (including phenoxy) is 1. The van der Waals surface area contributed by atoms with Gasteiger partial charge >= 0.3 is 6.09 Å². The Labute approximate surface area is 178 Å². The fourth-order valence-corrected chi connectivity index (χ4v) is 3.40. The van der Waals surface area contributed by atoms with Crippen molar-refractivity contribution in [1.82, 2.24) is 10.5 Å². The maximum Gasteiger partial charge on any atom is 0.411 e. The van der Waals surface area contributed by atoms with E-state index in [1.165, 1.54) is 11.3 Å². The number of hydrogen-bond acceptors (Lipinski definition) is 7. The number of hydrogen-bond donors (Lipinski definition) is 4. The van der Waals surface area contributed by atoms with Crippen molar-refractivity contribution in [2.75, 3.05) is 17.2 Å². The number of hydroxylamine groups is 1. The summed E-state index contributed by atoms with van der Waals surface area (Å²) in [5.74, 6) is -0.503. The first kappa shape index (κ1) is 23.3. The monoisotopic (exact) mass is 434 g/mol. The molecule has 0 fully saturated rings. The molecule has 0 aliphatic carbocycles. The van der Waals surface area contributed by atoms with E-state index >= 15 is 0 Å². The second kappa shape index (κ2) is 12.6. The van der Waals surface area contributed by atoms with Crippen molar-refractivity contribution in [1.29, 1.82) is 0 Å². The van der Waals surface area contributed by atoms with Crippen molar-refractivity contribution >= 4 is 40.1 Å². The number of carbonyl (C=O) groups excluding carboxylic acids is 3. The second-order valence-electron chi connectivity index (χ2n) is 6.46. The number of benzene rings is 1. The highest BCUT2D eigenvalue weighted by atomic mass is 32.1. The number of thiazole rings is 1. The molecule has 9 nitrogen and oxygen atoms in total. The molecule has 3 amide bonds. The van der Waals surface area contributed by atoms with Crippen LogP contribution in [0.1, 0.15) is 45.4 Å². The molecule has 1 heterocycles. The Balaban J connectivity index is 1.79. The first-order chi connectivity index (χ1) is 14.5. The molecule has 1 aromatic carbocycles. The lowest BCUT2D eigenvalue weighted by Crippen LogP contribution is -2.17. The lowest BCUT2D eigenvalue weighted by atomic mass is 10.1. The van der Waals surface area contributed by atoms with E-state index in [9.17, 15) is 14.4 Å². The van der Waals surface area contributed by atoms with E-state index in [1.807, 2.05) is 11.4 Å². The maximum atomic E-state index is 12.1. The maximum absolute atomic E-state index is 12.1. The van der Waals surface area contributed by atoms with Gasteiger partial charge in [-0.2, -0.15) is 0 Å². The van der Waals surface area contributed by atoms with Gasteiger partial charge in [-0.3, -0.25) is 20.1 Å². The summed E-state index contributed by atoms with van der Waals surface area (Å²) in [6.45, 7) is 2.03. The summed E-state index contributed by atoms with van der Waals surface area (Å²) in [5.41, 5.74) is 3.71. The molecule has 0 aliphatic rings. The fourth-order valence-electron chi connectivity index (χ4n) is 2.67. The minimum Gasteiger partial charge on any atom is -0.450 e. The third kappa shape index (κ3) is 8.18. The number of amides is 3. The first-order valence-electron chi connectivity index (χ1n) is 9.74. The van der Waals surface area contributed by atoms with Gasteiger partial charge in [0.25, 0.3) is 0 Å². The van der Waals surface area contributed by atoms with Crippen LogP contribution in [0.5, 0.6) is 0 Å². The van der Waals surface area contributed by atoms with Crippen LogP contribution in [0.2, 0.25) is 0 Å². The Hall–Kier alpha value is -2.98. The minimum absolute atomic E-state index is 0.110. The van der Waals surface area contributed by atoms with Gasteiger partial charge in [-0.25, -0.2) is 15.3 Å². The van der Waals surface area contributed by atoms with Gasteiger partial charge < -0.3 is 10.1 Å². The summed E-state index contributed by atoms with van der Waals surface area (Å²) in [7, 11) is 0. The van der Waals surface area contributed by atoms with E-state index in [4.69, 9.17) is 9.94 Å². The molecule has 0 radical (unpaired) electrons. The molecule has 0 spiro atoms. The average molecular weight is 435 g/mol. The van der Waals surface area contributed by atoms with Crippen LogP contribution in [0.4, 0.5) is 15.6 Å². The van der Waals surface area contributed by atoms with Crippen molar-refractivity contribution in [2.45, 2.75) is 45.4 Å². The van der Waals surface area contributed by atoms with Gasteiger partial charge in [0.1, 0.15) is 0 Å². The highest BCUT2D eigenvalue weighted by Gasteiger charge is 2.10. The number of rotatable bonds is 11. The zero-order valence-electron chi connectivity index (χ0n) is 16.8. The minimum atomic E-state index is -0.516. The van der Waals surface area contributed by atoms with Crippen LogP contribution < -0.4 is 16.1 Å². The fraction of sp³-hybridized carbons (Fsp3) is 0.400. The molecule has 1 aromatic heterocycles. The molecule has 0 aliphatic heterocycles. The van der Waals surface area contributed by atoms with Crippen molar-refractivity contribution < 1.29 is 24.3 Å². The highest BCUT2D eigenvalue weighted by Crippen LogP contribution is 2.27. The molecule has 2 aromatic rings. The number of carbonyl (C=O) groups is 3. The van der Waals surface area contributed by atoms with Gasteiger partial charge in [0.15, 0.2) is 5.13 Å². The van der Waals surface area contributed by atoms with Gasteiger partial charge in [0.05, 0.1) is 12.3 Å². The Morgan fingerprint density at radius 1 is 1.07 bits per heavy atom. The molecule has 30 heavy (non-hydrogen) atoms. The van der Waals surface area contributed by atoms with E-state index in [1.54, 1.807) is 30.6 Å². The smallest absolute Gasteiger partial charge is 0.411 e. The third-order valence-corrected chi connectivity index (χ3v) is 4.87. The predicted molar refractivity (Wildman–Crippen MR) is 114 cm³/mol. The van der Waals surface area contributed by atoms with Crippen LogP contribution in [-0.4, -0.2) is 34.7 Å². The van der Waals surface area contributed by atoms with Crippen molar-refractivity contribution in [3.63, 3.8) is 0 Å². The van der Waals surface area contributed by atoms with Gasteiger partial charge in [-0.05, 0) is 31.9 Å². The van der Waals surface area contributed by atoms with Crippen LogP contribution >= 0.6 is 11.3 Å². The van der Waals surface area contributed by atoms with E-state index < -0.39 is 12.0 Å². The van der Waals surface area contributed by atoms with Gasteiger partial charge in [-0.15, -0.1) is 11.3 Å². The molecular formula is C20H26N4O5S. The van der Waals surface area contributed by atoms with Crippen molar-refractivity contribution in [2.24, 2.45) is 0 Å². The lowest BCUT2D eigenvalue weighted by Gasteiger charge is -2.06. The Morgan fingerprint density at radius 2 is 1.80 bits per heavy atom. The SMILES string of the molecule is CCOC(=O)Nc1cccc(-c2csc(NC(=O)CCCCCCC(=O)NO)n2)c1. The van der Waals surface area contributed by atoms with Gasteiger partial charge in [-0.1, -0.05) is 25.0 Å². The van der Waals surface area contributed by atoms with Crippen molar-refractivity contribution in [3.05, 3.63) is 29.6 Å². The molecule has 0 atom stereocenters. The molecule has 0 saturated carbocycles. The van der Waals surface area contributed by atoms with Crippen molar-refractivity contribution in [3.8, 4) is 11.3 Å². The molecule has 10 heteroatoms. The summed E-state index contributed by atoms with van der Waals surface area (Å²) in [4.78, 5) is 39.0. The summed E-state index contributed by atoms with van der Waals surface area (Å²) >= 11 is 1.33. The summed E-state index contributed by atoms with van der Waals surface area (Å²) in [6.07, 6.45) is 3.17. The molecule has 0 unspecified atom stereocenters. The zero-order chi connectivity index (χ0) is 21.8. The molecular weight excluding hydrogens is 408 g/mol. The van der Waals surface area contributed by atoms with E-state index in [-0.39, 0.29) is 12.3 Å². The quantitative estimate of drug-likeness (QED) is 0.239. The van der Waals surface area contributed by atoms with E-state index in [0.717, 1.165) is 18.4 Å². The Morgan fingerprint density at radius 3 is 2.50 bits per heavy atom. The number of anilines is 2. The largest absolute Gasteiger partial charge is 0.450 e. The summed E-state index contributed by atoms with van der Waals surface area (Å²) < 4.78 is 4.87. The lowest BCUT2D eigenvalue weighted by molar-refractivity contribution is -0.129. The van der Waals surface area contributed by atoms with E-state index in [0.29, 0.717) is 42.4 Å². The van der Waals surface area contributed by atoms with Crippen LogP contribution in [0, 0.1) is 0 Å². The number of nitrogens with zero attached hydrogens (tertiary/aromatic N) is 1. The average Bonchev–Trinajstić information content (AvgIpc) is 3.19. The van der Waals surface area contributed by atoms with Gasteiger partial charge in [0.2, 0.25) is 11.8 Å². The predicted octanol–water partition coefficient (Wildman–Crippen LogP) is 4.16. The molecule has 0 saturated heterocycles. The highest BCUT2D eigenvalue weighted by molar-refractivity contribution is 7.14. The van der Waals surface area contributed by atoms with Crippen LogP contribution in [0.3, 0.4) is 0 Å². The topological polar surface area (TPSA) is 130 Å². The molecule has 2 rings (SSSR count). The normalized spacial score (nSPS) is 10.3. The van der Waals surface area contributed by atoms with Crippen LogP contribution in [0.15, 0.2) is 29.6 Å². The van der Waals surface area contributed by atoms with E-state index in [2.05, 4.69) is 15.6 Å². The Bertz CT molecular complexity index is 855. The third-order valence-electron chi connectivity index (χ3n) is 4.11. The van der Waals surface area contributed by atoms with Crippen LogP contribution in [0.25, 0.3) is 11.3 Å². The standard InChI is InChI=1S/C20H26N4O5S/c1-2-29-20(27)21-15-9-7-8-14(12-15)16-13-30-19(22-16)23-17(25)10-5-3-4-6-11-18(26)24-28/h7-9,12-13,28H,2-6,10-11H2,1H3,(H,21,27)(H,24,26)(H,22,23,25). The second-order valence-corrected chi connectivity index (χ2v) is 7.32.